The van der Waals surface area contributed by atoms with E-state index in [0.717, 1.165) is 6.08 Å². The summed E-state index contributed by atoms with van der Waals surface area (Å²) in [5.41, 5.74) is 0.885. The van der Waals surface area contributed by atoms with Crippen molar-refractivity contribution in [2.45, 2.75) is 13.3 Å². The van der Waals surface area contributed by atoms with Gasteiger partial charge in [0.25, 0.3) is 0 Å². The zero-order valence-electron chi connectivity index (χ0n) is 17.4. The van der Waals surface area contributed by atoms with Gasteiger partial charge in [-0.25, -0.2) is 4.79 Å². The van der Waals surface area contributed by atoms with Crippen LogP contribution in [0.1, 0.15) is 12.5 Å². The third-order valence-electron chi connectivity index (χ3n) is 4.03. The van der Waals surface area contributed by atoms with E-state index in [1.54, 1.807) is 42.5 Å². The first kappa shape index (κ1) is 23.3. The summed E-state index contributed by atoms with van der Waals surface area (Å²) in [5, 5.41) is 18.5. The molecule has 8 nitrogen and oxygen atoms in total. The number of ether oxygens (including phenoxy) is 3. The molecule has 8 heteroatoms. The van der Waals surface area contributed by atoms with Crippen LogP contribution in [0.4, 0.5) is 5.69 Å². The van der Waals surface area contributed by atoms with Gasteiger partial charge in [0.15, 0.2) is 11.5 Å². The number of carbonyl (C=O) groups excluding carboxylic acids is 2. The number of azo groups is 1. The molecule has 1 N–H and O–H groups in total. The summed E-state index contributed by atoms with van der Waals surface area (Å²) in [6, 6.07) is 13.9. The van der Waals surface area contributed by atoms with Crippen molar-refractivity contribution < 1.29 is 28.9 Å². The number of Topliss-reactive ketones (excluding diaryl/α,β-unsaturated/α-hetero) is 1. The lowest BCUT2D eigenvalue weighted by molar-refractivity contribution is -0.138. The van der Waals surface area contributed by atoms with E-state index < -0.39 is 11.8 Å². The molecule has 0 aromatic heterocycles. The Morgan fingerprint density at radius 2 is 1.74 bits per heavy atom. The Kier molecular flexibility index (Phi) is 8.97. The topological polar surface area (TPSA) is 107 Å². The quantitative estimate of drug-likeness (QED) is 0.187. The summed E-state index contributed by atoms with van der Waals surface area (Å²) in [4.78, 5) is 23.1. The minimum absolute atomic E-state index is 0.0363. The Morgan fingerprint density at radius 3 is 2.42 bits per heavy atom. The summed E-state index contributed by atoms with van der Waals surface area (Å²) >= 11 is 0. The number of benzene rings is 2. The SMILES string of the molecule is C=CC(=O)OCCOc1ccccc1N=NC(C(C)=O)=C(O)Cc1ccccc1OC. The normalized spacial score (nSPS) is 11.5. The largest absolute Gasteiger partial charge is 0.509 e. The molecule has 0 fully saturated rings. The average molecular weight is 424 g/mol. The Morgan fingerprint density at radius 1 is 1.06 bits per heavy atom. The molecule has 0 saturated heterocycles. The smallest absolute Gasteiger partial charge is 0.330 e. The van der Waals surface area contributed by atoms with Crippen LogP contribution in [0.25, 0.3) is 0 Å². The van der Waals surface area contributed by atoms with Crippen LogP contribution in [0, 0.1) is 0 Å². The van der Waals surface area contributed by atoms with E-state index in [1.165, 1.54) is 14.0 Å². The van der Waals surface area contributed by atoms with Gasteiger partial charge in [0.1, 0.15) is 36.2 Å². The van der Waals surface area contributed by atoms with Gasteiger partial charge in [0, 0.05) is 25.0 Å². The van der Waals surface area contributed by atoms with Crippen molar-refractivity contribution in [1.82, 2.24) is 0 Å². The van der Waals surface area contributed by atoms with Gasteiger partial charge >= 0.3 is 5.97 Å². The zero-order valence-corrected chi connectivity index (χ0v) is 17.4. The Balaban J connectivity index is 2.18. The fourth-order valence-electron chi connectivity index (χ4n) is 2.56. The number of hydrogen-bond donors (Lipinski definition) is 1. The van der Waals surface area contributed by atoms with Crippen molar-refractivity contribution in [3.8, 4) is 11.5 Å². The highest BCUT2D eigenvalue weighted by molar-refractivity contribution is 5.93. The number of aliphatic hydroxyl groups is 1. The van der Waals surface area contributed by atoms with Crippen molar-refractivity contribution in [2.24, 2.45) is 10.2 Å². The molecule has 2 rings (SSSR count). The molecule has 0 saturated carbocycles. The van der Waals surface area contributed by atoms with Gasteiger partial charge in [-0.15, -0.1) is 10.2 Å². The first-order valence-electron chi connectivity index (χ1n) is 9.44. The zero-order chi connectivity index (χ0) is 22.6. The van der Waals surface area contributed by atoms with Crippen molar-refractivity contribution >= 4 is 17.4 Å². The molecule has 162 valence electrons. The molecule has 0 amide bonds. The standard InChI is InChI=1S/C23H24N2O6/c1-4-22(28)31-14-13-30-21-12-8-6-10-18(21)24-25-23(16(2)26)19(27)15-17-9-5-7-11-20(17)29-3/h4-12,27H,1,13-15H2,2-3H3. The second-order valence-corrected chi connectivity index (χ2v) is 6.23. The van der Waals surface area contributed by atoms with Gasteiger partial charge in [-0.2, -0.15) is 0 Å². The molecule has 31 heavy (non-hydrogen) atoms. The Labute approximate surface area is 180 Å². The fraction of sp³-hybridized carbons (Fsp3) is 0.217. The highest BCUT2D eigenvalue weighted by Crippen LogP contribution is 2.28. The number of methoxy groups -OCH3 is 1. The van der Waals surface area contributed by atoms with Crippen LogP contribution in [-0.2, 0) is 20.7 Å². The van der Waals surface area contributed by atoms with Crippen LogP contribution in [0.15, 0.2) is 82.9 Å². The number of esters is 1. The van der Waals surface area contributed by atoms with E-state index in [0.29, 0.717) is 22.7 Å². The second kappa shape index (κ2) is 11.9. The van der Waals surface area contributed by atoms with Crippen LogP contribution >= 0.6 is 0 Å². The molecule has 0 aliphatic carbocycles. The van der Waals surface area contributed by atoms with Crippen LogP contribution in [0.2, 0.25) is 0 Å². The average Bonchev–Trinajstić information content (AvgIpc) is 2.77. The van der Waals surface area contributed by atoms with Gasteiger partial charge in [-0.3, -0.25) is 4.79 Å². The van der Waals surface area contributed by atoms with Crippen LogP contribution in [0.3, 0.4) is 0 Å². The molecule has 0 unspecified atom stereocenters. The number of carbonyl (C=O) groups is 2. The molecular weight excluding hydrogens is 400 g/mol. The molecule has 0 spiro atoms. The molecule has 0 atom stereocenters. The highest BCUT2D eigenvalue weighted by atomic mass is 16.6. The maximum absolute atomic E-state index is 12.0. The molecule has 0 aliphatic rings. The maximum atomic E-state index is 12.0. The predicted octanol–water partition coefficient (Wildman–Crippen LogP) is 4.49. The lowest BCUT2D eigenvalue weighted by Gasteiger charge is -2.09. The third kappa shape index (κ3) is 7.11. The van der Waals surface area contributed by atoms with E-state index in [2.05, 4.69) is 16.8 Å². The monoisotopic (exact) mass is 424 g/mol. The Hall–Kier alpha value is -3.94. The van der Waals surface area contributed by atoms with Gasteiger partial charge < -0.3 is 19.3 Å². The third-order valence-corrected chi connectivity index (χ3v) is 4.03. The van der Waals surface area contributed by atoms with Gasteiger partial charge in [0.2, 0.25) is 0 Å². The molecule has 0 aliphatic heterocycles. The van der Waals surface area contributed by atoms with Crippen molar-refractivity contribution in [1.29, 1.82) is 0 Å². The van der Waals surface area contributed by atoms with Gasteiger partial charge in [-0.05, 0) is 18.2 Å². The van der Waals surface area contributed by atoms with Crippen molar-refractivity contribution in [2.75, 3.05) is 20.3 Å². The number of ketones is 1. The number of nitrogens with zero attached hydrogens (tertiary/aromatic N) is 2. The van der Waals surface area contributed by atoms with E-state index >= 15 is 0 Å². The molecule has 0 bridgehead atoms. The van der Waals surface area contributed by atoms with Crippen molar-refractivity contribution in [3.63, 3.8) is 0 Å². The lowest BCUT2D eigenvalue weighted by atomic mass is 10.1. The van der Waals surface area contributed by atoms with Crippen molar-refractivity contribution in [3.05, 3.63) is 78.2 Å². The molecule has 0 radical (unpaired) electrons. The number of hydrogen-bond acceptors (Lipinski definition) is 8. The van der Waals surface area contributed by atoms with Crippen LogP contribution < -0.4 is 9.47 Å². The summed E-state index contributed by atoms with van der Waals surface area (Å²) in [6.45, 7) is 4.74. The molecule has 2 aromatic rings. The first-order valence-corrected chi connectivity index (χ1v) is 9.44. The molecule has 2 aromatic carbocycles. The molecular formula is C23H24N2O6. The summed E-state index contributed by atoms with van der Waals surface area (Å²) in [5.74, 6) is -0.238. The molecule has 0 heterocycles. The number of para-hydroxylation sites is 2. The van der Waals surface area contributed by atoms with Gasteiger partial charge in [-0.1, -0.05) is 36.9 Å². The summed E-state index contributed by atoms with van der Waals surface area (Å²) in [7, 11) is 1.53. The van der Waals surface area contributed by atoms with Crippen LogP contribution in [0.5, 0.6) is 11.5 Å². The number of allylic oxidation sites excluding steroid dienone is 2. The Bertz CT molecular complexity index is 997. The maximum Gasteiger partial charge on any atom is 0.330 e. The van der Waals surface area contributed by atoms with Gasteiger partial charge in [0.05, 0.1) is 7.11 Å². The van der Waals surface area contributed by atoms with E-state index in [4.69, 9.17) is 14.2 Å². The fourth-order valence-corrected chi connectivity index (χ4v) is 2.56. The summed E-state index contributed by atoms with van der Waals surface area (Å²) in [6.07, 6.45) is 1.13. The first-order chi connectivity index (χ1) is 15.0. The lowest BCUT2D eigenvalue weighted by Crippen LogP contribution is -2.10. The highest BCUT2D eigenvalue weighted by Gasteiger charge is 2.14. The van der Waals surface area contributed by atoms with E-state index in [-0.39, 0.29) is 31.1 Å². The number of aliphatic hydroxyl groups excluding tert-OH is 1. The summed E-state index contributed by atoms with van der Waals surface area (Å²) < 4.78 is 15.7. The number of rotatable bonds is 11. The minimum Gasteiger partial charge on any atom is -0.509 e. The second-order valence-electron chi connectivity index (χ2n) is 6.23. The van der Waals surface area contributed by atoms with E-state index in [1.807, 2.05) is 6.07 Å². The van der Waals surface area contributed by atoms with E-state index in [9.17, 15) is 14.7 Å². The minimum atomic E-state index is -0.543. The van der Waals surface area contributed by atoms with Crippen LogP contribution in [-0.4, -0.2) is 37.2 Å². The predicted molar refractivity (Wildman–Crippen MR) is 115 cm³/mol.